The van der Waals surface area contributed by atoms with Gasteiger partial charge < -0.3 is 9.64 Å². The molecule has 0 saturated carbocycles. The van der Waals surface area contributed by atoms with Gasteiger partial charge in [-0.1, -0.05) is 33.6 Å². The third kappa shape index (κ3) is 4.74. The van der Waals surface area contributed by atoms with Crippen LogP contribution in [0.5, 0.6) is 0 Å². The van der Waals surface area contributed by atoms with E-state index in [1.54, 1.807) is 7.11 Å². The molecule has 1 fully saturated rings. The quantitative estimate of drug-likeness (QED) is 0.627. The molecule has 0 aromatic rings. The van der Waals surface area contributed by atoms with Gasteiger partial charge in [0.05, 0.1) is 12.2 Å². The van der Waals surface area contributed by atoms with Gasteiger partial charge in [-0.15, -0.1) is 0 Å². The van der Waals surface area contributed by atoms with Crippen LogP contribution in [-0.2, 0) is 9.53 Å². The van der Waals surface area contributed by atoms with Crippen molar-refractivity contribution in [2.45, 2.75) is 71.5 Å². The highest BCUT2D eigenvalue weighted by atomic mass is 16.5. The van der Waals surface area contributed by atoms with E-state index in [9.17, 15) is 4.79 Å². The van der Waals surface area contributed by atoms with Gasteiger partial charge in [-0.2, -0.15) is 0 Å². The summed E-state index contributed by atoms with van der Waals surface area (Å²) in [6.07, 6.45) is 6.74. The number of carbonyl (C=O) groups is 1. The fourth-order valence-electron chi connectivity index (χ4n) is 2.83. The summed E-state index contributed by atoms with van der Waals surface area (Å²) < 4.78 is 5.06. The van der Waals surface area contributed by atoms with Crippen molar-refractivity contribution in [3.05, 3.63) is 0 Å². The van der Waals surface area contributed by atoms with Crippen LogP contribution in [-0.4, -0.2) is 43.3 Å². The van der Waals surface area contributed by atoms with Crippen LogP contribution in [0.15, 0.2) is 0 Å². The Labute approximate surface area is 124 Å². The largest absolute Gasteiger partial charge is 0.385 e. The molecule has 3 atom stereocenters. The van der Waals surface area contributed by atoms with Gasteiger partial charge >= 0.3 is 0 Å². The minimum atomic E-state index is 0.0236. The summed E-state index contributed by atoms with van der Waals surface area (Å²) in [6, 6.07) is 0.0236. The number of unbranched alkanes of at least 4 members (excludes halogenated alkanes) is 2. The molecule has 4 heteroatoms. The predicted octanol–water partition coefficient (Wildman–Crippen LogP) is 2.78. The lowest BCUT2D eigenvalue weighted by Crippen LogP contribution is -2.38. The molecule has 0 spiro atoms. The van der Waals surface area contributed by atoms with Gasteiger partial charge in [-0.25, -0.2) is 0 Å². The Morgan fingerprint density at radius 2 is 2.05 bits per heavy atom. The fourth-order valence-corrected chi connectivity index (χ4v) is 2.83. The molecule has 1 aliphatic rings. The average molecular weight is 284 g/mol. The molecule has 1 rings (SSSR count). The molecule has 3 unspecified atom stereocenters. The molecule has 20 heavy (non-hydrogen) atoms. The minimum absolute atomic E-state index is 0.0236. The van der Waals surface area contributed by atoms with E-state index >= 15 is 0 Å². The van der Waals surface area contributed by atoms with Gasteiger partial charge in [0, 0.05) is 20.3 Å². The van der Waals surface area contributed by atoms with E-state index in [0.717, 1.165) is 51.7 Å². The van der Waals surface area contributed by atoms with Crippen LogP contribution in [0.25, 0.3) is 0 Å². The first kappa shape index (κ1) is 17.4. The average Bonchev–Trinajstić information content (AvgIpc) is 2.75. The van der Waals surface area contributed by atoms with E-state index in [0.29, 0.717) is 11.8 Å². The number of nitrogens with zero attached hydrogens (tertiary/aromatic N) is 1. The maximum Gasteiger partial charge on any atom is 0.241 e. The summed E-state index contributed by atoms with van der Waals surface area (Å²) >= 11 is 0. The molecule has 1 saturated heterocycles. The first-order valence-electron chi connectivity index (χ1n) is 8.21. The molecule has 1 N–H and O–H groups in total. The van der Waals surface area contributed by atoms with E-state index in [1.807, 2.05) is 0 Å². The van der Waals surface area contributed by atoms with Crippen LogP contribution in [0.3, 0.4) is 0 Å². The monoisotopic (exact) mass is 284 g/mol. The third-order valence-corrected chi connectivity index (χ3v) is 4.32. The van der Waals surface area contributed by atoms with Crippen LogP contribution < -0.4 is 5.32 Å². The van der Waals surface area contributed by atoms with E-state index in [2.05, 4.69) is 31.0 Å². The molecule has 118 valence electrons. The number of hydrogen-bond donors (Lipinski definition) is 1. The van der Waals surface area contributed by atoms with Crippen LogP contribution in [0.4, 0.5) is 0 Å². The highest BCUT2D eigenvalue weighted by Crippen LogP contribution is 2.22. The molecular weight excluding hydrogens is 252 g/mol. The summed E-state index contributed by atoms with van der Waals surface area (Å²) in [6.45, 7) is 8.20. The third-order valence-electron chi connectivity index (χ3n) is 4.32. The first-order valence-corrected chi connectivity index (χ1v) is 8.21. The Hall–Kier alpha value is -0.610. The lowest BCUT2D eigenvalue weighted by Gasteiger charge is -2.23. The SMILES string of the molecule is CCCC1NC(C(C)CC)C(=O)N1CCCCCOC. The Kier molecular flexibility index (Phi) is 8.15. The topological polar surface area (TPSA) is 41.6 Å². The molecule has 0 aliphatic carbocycles. The molecule has 0 aromatic carbocycles. The zero-order valence-corrected chi connectivity index (χ0v) is 13.7. The fraction of sp³-hybridized carbons (Fsp3) is 0.938. The van der Waals surface area contributed by atoms with Gasteiger partial charge in [-0.05, 0) is 31.6 Å². The van der Waals surface area contributed by atoms with E-state index in [4.69, 9.17) is 4.74 Å². The Morgan fingerprint density at radius 1 is 1.30 bits per heavy atom. The van der Waals surface area contributed by atoms with Crippen molar-refractivity contribution in [2.75, 3.05) is 20.3 Å². The Morgan fingerprint density at radius 3 is 2.65 bits per heavy atom. The maximum absolute atomic E-state index is 12.5. The van der Waals surface area contributed by atoms with Crippen LogP contribution in [0.2, 0.25) is 0 Å². The maximum atomic E-state index is 12.5. The number of carbonyl (C=O) groups excluding carboxylic acids is 1. The molecule has 1 heterocycles. The van der Waals surface area contributed by atoms with Gasteiger partial charge in [0.2, 0.25) is 5.91 Å². The Balaban J connectivity index is 2.49. The molecule has 1 amide bonds. The highest BCUT2D eigenvalue weighted by molar-refractivity contribution is 5.84. The van der Waals surface area contributed by atoms with Crippen LogP contribution >= 0.6 is 0 Å². The van der Waals surface area contributed by atoms with Gasteiger partial charge in [-0.3, -0.25) is 10.1 Å². The summed E-state index contributed by atoms with van der Waals surface area (Å²) in [5.41, 5.74) is 0. The molecule has 4 nitrogen and oxygen atoms in total. The second-order valence-corrected chi connectivity index (χ2v) is 5.92. The highest BCUT2D eigenvalue weighted by Gasteiger charge is 2.39. The number of hydrogen-bond acceptors (Lipinski definition) is 3. The number of ether oxygens (including phenoxy) is 1. The van der Waals surface area contributed by atoms with Gasteiger partial charge in [0.15, 0.2) is 0 Å². The smallest absolute Gasteiger partial charge is 0.241 e. The van der Waals surface area contributed by atoms with Crippen molar-refractivity contribution >= 4 is 5.91 Å². The summed E-state index contributed by atoms with van der Waals surface area (Å²) in [7, 11) is 1.74. The van der Waals surface area contributed by atoms with Crippen molar-refractivity contribution in [2.24, 2.45) is 5.92 Å². The van der Waals surface area contributed by atoms with Crippen LogP contribution in [0, 0.1) is 5.92 Å². The number of methoxy groups -OCH3 is 1. The zero-order chi connectivity index (χ0) is 15.0. The van der Waals surface area contributed by atoms with Crippen molar-refractivity contribution in [1.29, 1.82) is 0 Å². The molecule has 0 aromatic heterocycles. The zero-order valence-electron chi connectivity index (χ0n) is 13.7. The standard InChI is InChI=1S/C16H32N2O2/c1-5-10-14-17-15(13(3)6-2)16(19)18(14)11-8-7-9-12-20-4/h13-15,17H,5-12H2,1-4H3. The molecule has 1 aliphatic heterocycles. The van der Waals surface area contributed by atoms with E-state index in [-0.39, 0.29) is 12.2 Å². The van der Waals surface area contributed by atoms with Crippen molar-refractivity contribution in [1.82, 2.24) is 10.2 Å². The summed E-state index contributed by atoms with van der Waals surface area (Å²) in [5.74, 6) is 0.727. The van der Waals surface area contributed by atoms with Crippen LogP contribution in [0.1, 0.15) is 59.3 Å². The second kappa shape index (κ2) is 9.35. The number of rotatable bonds is 10. The minimum Gasteiger partial charge on any atom is -0.385 e. The van der Waals surface area contributed by atoms with Crippen molar-refractivity contribution in [3.8, 4) is 0 Å². The molecule has 0 radical (unpaired) electrons. The van der Waals surface area contributed by atoms with Gasteiger partial charge in [0.25, 0.3) is 0 Å². The predicted molar refractivity (Wildman–Crippen MR) is 82.5 cm³/mol. The lowest BCUT2D eigenvalue weighted by molar-refractivity contribution is -0.131. The van der Waals surface area contributed by atoms with E-state index in [1.165, 1.54) is 0 Å². The Bertz CT molecular complexity index is 284. The number of amides is 1. The second-order valence-electron chi connectivity index (χ2n) is 5.92. The van der Waals surface area contributed by atoms with Crippen molar-refractivity contribution in [3.63, 3.8) is 0 Å². The number of nitrogens with one attached hydrogen (secondary N) is 1. The lowest BCUT2D eigenvalue weighted by atomic mass is 9.99. The van der Waals surface area contributed by atoms with Gasteiger partial charge in [0.1, 0.15) is 0 Å². The summed E-state index contributed by atoms with van der Waals surface area (Å²) in [5, 5.41) is 3.55. The normalized spacial score (nSPS) is 24.4. The van der Waals surface area contributed by atoms with E-state index < -0.39 is 0 Å². The molecule has 0 bridgehead atoms. The molecular formula is C16H32N2O2. The summed E-state index contributed by atoms with van der Waals surface area (Å²) in [4.78, 5) is 14.6. The van der Waals surface area contributed by atoms with Crippen molar-refractivity contribution < 1.29 is 9.53 Å². The first-order chi connectivity index (χ1) is 9.65.